The lowest BCUT2D eigenvalue weighted by molar-refractivity contribution is -0.124. The highest BCUT2D eigenvalue weighted by molar-refractivity contribution is 5.93. The van der Waals surface area contributed by atoms with Crippen molar-refractivity contribution >= 4 is 23.6 Å². The van der Waals surface area contributed by atoms with E-state index in [1.807, 2.05) is 24.3 Å². The monoisotopic (exact) mass is 370 g/mol. The zero-order valence-corrected chi connectivity index (χ0v) is 14.5. The molecule has 7 nitrogen and oxygen atoms in total. The van der Waals surface area contributed by atoms with Gasteiger partial charge in [-0.1, -0.05) is 18.2 Å². The van der Waals surface area contributed by atoms with Gasteiger partial charge < -0.3 is 9.80 Å². The maximum Gasteiger partial charge on any atom is 0.272 e. The highest BCUT2D eigenvalue weighted by atomic mass is 19.1. The van der Waals surface area contributed by atoms with Crippen molar-refractivity contribution in [3.63, 3.8) is 0 Å². The van der Waals surface area contributed by atoms with E-state index in [9.17, 15) is 14.0 Å². The molecule has 2 aromatic rings. The number of para-hydroxylation sites is 1. The van der Waals surface area contributed by atoms with Gasteiger partial charge in [0.15, 0.2) is 0 Å². The molecule has 1 fully saturated rings. The zero-order chi connectivity index (χ0) is 19.2. The van der Waals surface area contributed by atoms with E-state index in [-0.39, 0.29) is 11.6 Å². The molecule has 0 bridgehead atoms. The van der Waals surface area contributed by atoms with Crippen molar-refractivity contribution in [2.24, 2.45) is 0 Å². The third-order valence-electron chi connectivity index (χ3n) is 4.32. The second kappa shape index (κ2) is 8.41. The molecule has 8 heteroatoms. The van der Waals surface area contributed by atoms with Gasteiger partial charge in [-0.15, -0.1) is 0 Å². The van der Waals surface area contributed by atoms with E-state index in [1.165, 1.54) is 18.2 Å². The van der Waals surface area contributed by atoms with Crippen LogP contribution in [0.1, 0.15) is 16.1 Å². The minimum Gasteiger partial charge on any atom is -0.367 e. The van der Waals surface area contributed by atoms with Crippen molar-refractivity contribution in [2.45, 2.75) is 0 Å². The number of halogens is 1. The van der Waals surface area contributed by atoms with Gasteiger partial charge >= 0.3 is 0 Å². The number of hydrogen-bond donors (Lipinski definition) is 2. The molecule has 1 aromatic heterocycles. The molecule has 1 aromatic carbocycles. The number of hydrogen-bond acceptors (Lipinski definition) is 5. The smallest absolute Gasteiger partial charge is 0.272 e. The van der Waals surface area contributed by atoms with Crippen LogP contribution in [0.3, 0.4) is 0 Å². The summed E-state index contributed by atoms with van der Waals surface area (Å²) in [6.07, 6.45) is 3.91. The standard InChI is InChI=1S/C19H19FN4O3/c20-15-6-7-16(21-13-15)19(26)24-11-9-23(10-12-24)17-4-2-1-3-14(17)5-8-18(25)22-27/h1-8,13,27H,9-12H2,(H,22,25)/b8-5+. The lowest BCUT2D eigenvalue weighted by atomic mass is 10.1. The van der Waals surface area contributed by atoms with E-state index >= 15 is 0 Å². The number of carbonyl (C=O) groups is 2. The first-order chi connectivity index (χ1) is 13.1. The molecular formula is C19H19FN4O3. The molecule has 140 valence electrons. The number of nitrogens with zero attached hydrogens (tertiary/aromatic N) is 3. The molecule has 2 N–H and O–H groups in total. The molecule has 27 heavy (non-hydrogen) atoms. The molecule has 0 spiro atoms. The molecule has 3 rings (SSSR count). The summed E-state index contributed by atoms with van der Waals surface area (Å²) in [7, 11) is 0. The van der Waals surface area contributed by atoms with Crippen LogP contribution in [0, 0.1) is 5.82 Å². The van der Waals surface area contributed by atoms with Gasteiger partial charge in [-0.3, -0.25) is 14.8 Å². The van der Waals surface area contributed by atoms with Crippen molar-refractivity contribution < 1.29 is 19.2 Å². The van der Waals surface area contributed by atoms with Gasteiger partial charge in [0.25, 0.3) is 11.8 Å². The fraction of sp³-hybridized carbons (Fsp3) is 0.211. The van der Waals surface area contributed by atoms with E-state index < -0.39 is 11.7 Å². The summed E-state index contributed by atoms with van der Waals surface area (Å²) in [5.41, 5.74) is 3.55. The third-order valence-corrected chi connectivity index (χ3v) is 4.32. The molecule has 2 heterocycles. The Balaban J connectivity index is 1.67. The fourth-order valence-corrected chi connectivity index (χ4v) is 2.93. The first-order valence-electron chi connectivity index (χ1n) is 8.45. The van der Waals surface area contributed by atoms with Crippen molar-refractivity contribution in [1.29, 1.82) is 0 Å². The molecule has 0 atom stereocenters. The highest BCUT2D eigenvalue weighted by Crippen LogP contribution is 2.23. The maximum absolute atomic E-state index is 13.0. The number of amides is 2. The second-order valence-corrected chi connectivity index (χ2v) is 6.01. The quantitative estimate of drug-likeness (QED) is 0.486. The fourth-order valence-electron chi connectivity index (χ4n) is 2.93. The Morgan fingerprint density at radius 2 is 1.85 bits per heavy atom. The summed E-state index contributed by atoms with van der Waals surface area (Å²) >= 11 is 0. The first-order valence-corrected chi connectivity index (χ1v) is 8.45. The summed E-state index contributed by atoms with van der Waals surface area (Å²) in [4.78, 5) is 31.3. The molecule has 0 saturated carbocycles. The molecule has 1 aliphatic rings. The minimum absolute atomic E-state index is 0.220. The third kappa shape index (κ3) is 4.48. The van der Waals surface area contributed by atoms with Crippen LogP contribution >= 0.6 is 0 Å². The molecule has 2 amide bonds. The molecule has 0 unspecified atom stereocenters. The Hall–Kier alpha value is -3.26. The Labute approximate surface area is 155 Å². The van der Waals surface area contributed by atoms with Gasteiger partial charge in [0, 0.05) is 37.9 Å². The number of nitrogens with one attached hydrogen (secondary N) is 1. The Bertz CT molecular complexity index is 846. The van der Waals surface area contributed by atoms with Crippen molar-refractivity contribution in [1.82, 2.24) is 15.4 Å². The Kier molecular flexibility index (Phi) is 5.77. The zero-order valence-electron chi connectivity index (χ0n) is 14.5. The Morgan fingerprint density at radius 1 is 1.11 bits per heavy atom. The topological polar surface area (TPSA) is 85.8 Å². The largest absolute Gasteiger partial charge is 0.367 e. The number of pyridine rings is 1. The van der Waals surface area contributed by atoms with E-state index in [4.69, 9.17) is 5.21 Å². The van der Waals surface area contributed by atoms with Crippen LogP contribution in [0.2, 0.25) is 0 Å². The number of hydroxylamine groups is 1. The van der Waals surface area contributed by atoms with E-state index in [1.54, 1.807) is 16.5 Å². The molecule has 1 saturated heterocycles. The highest BCUT2D eigenvalue weighted by Gasteiger charge is 2.23. The van der Waals surface area contributed by atoms with Crippen LogP contribution in [0.5, 0.6) is 0 Å². The van der Waals surface area contributed by atoms with Gasteiger partial charge in [0.1, 0.15) is 11.5 Å². The average Bonchev–Trinajstić information content (AvgIpc) is 2.72. The molecular weight excluding hydrogens is 351 g/mol. The number of rotatable bonds is 4. The van der Waals surface area contributed by atoms with Gasteiger partial charge in [0.2, 0.25) is 0 Å². The number of aromatic nitrogens is 1. The Morgan fingerprint density at radius 3 is 2.52 bits per heavy atom. The average molecular weight is 370 g/mol. The summed E-state index contributed by atoms with van der Waals surface area (Å²) in [5, 5.41) is 8.60. The molecule has 1 aliphatic heterocycles. The molecule has 0 radical (unpaired) electrons. The van der Waals surface area contributed by atoms with Crippen LogP contribution in [0.4, 0.5) is 10.1 Å². The van der Waals surface area contributed by atoms with Crippen molar-refractivity contribution in [2.75, 3.05) is 31.1 Å². The maximum atomic E-state index is 13.0. The van der Waals surface area contributed by atoms with Crippen LogP contribution in [0.15, 0.2) is 48.7 Å². The second-order valence-electron chi connectivity index (χ2n) is 6.01. The van der Waals surface area contributed by atoms with E-state index in [2.05, 4.69) is 9.88 Å². The number of carbonyl (C=O) groups excluding carboxylic acids is 2. The SMILES string of the molecule is O=C(/C=C/c1ccccc1N1CCN(C(=O)c2ccc(F)cn2)CC1)NO. The van der Waals surface area contributed by atoms with Crippen molar-refractivity contribution in [3.8, 4) is 0 Å². The van der Waals surface area contributed by atoms with Gasteiger partial charge in [-0.25, -0.2) is 14.9 Å². The van der Waals surface area contributed by atoms with Crippen molar-refractivity contribution in [3.05, 3.63) is 65.7 Å². The van der Waals surface area contributed by atoms with Crippen LogP contribution in [0.25, 0.3) is 6.08 Å². The predicted molar refractivity (Wildman–Crippen MR) is 97.7 cm³/mol. The van der Waals surface area contributed by atoms with Gasteiger partial charge in [-0.05, 0) is 29.8 Å². The summed E-state index contributed by atoms with van der Waals surface area (Å²) < 4.78 is 13.0. The van der Waals surface area contributed by atoms with E-state index in [0.717, 1.165) is 17.4 Å². The molecule has 0 aliphatic carbocycles. The summed E-state index contributed by atoms with van der Waals surface area (Å²) in [6, 6.07) is 10.2. The minimum atomic E-state index is -0.605. The first kappa shape index (κ1) is 18.5. The number of anilines is 1. The normalized spacial score (nSPS) is 14.4. The predicted octanol–water partition coefficient (Wildman–Crippen LogP) is 1.70. The lowest BCUT2D eigenvalue weighted by Gasteiger charge is -2.36. The summed E-state index contributed by atoms with van der Waals surface area (Å²) in [6.45, 7) is 2.24. The van der Waals surface area contributed by atoms with Crippen LogP contribution in [-0.4, -0.2) is 53.1 Å². The van der Waals surface area contributed by atoms with E-state index in [0.29, 0.717) is 26.2 Å². The van der Waals surface area contributed by atoms with Crippen LogP contribution in [-0.2, 0) is 4.79 Å². The van der Waals surface area contributed by atoms with Gasteiger partial charge in [0.05, 0.1) is 6.20 Å². The summed E-state index contributed by atoms with van der Waals surface area (Å²) in [5.74, 6) is -1.30. The number of piperazine rings is 1. The van der Waals surface area contributed by atoms with Crippen LogP contribution < -0.4 is 10.4 Å². The number of benzene rings is 1. The van der Waals surface area contributed by atoms with Gasteiger partial charge in [-0.2, -0.15) is 0 Å². The lowest BCUT2D eigenvalue weighted by Crippen LogP contribution is -2.49.